The van der Waals surface area contributed by atoms with Crippen LogP contribution in [0.2, 0.25) is 0 Å². The number of aliphatic hydroxyl groups excluding tert-OH is 3. The maximum atomic E-state index is 14.1. The molecule has 4 rings (SSSR count). The molecule has 7 N–H and O–H groups in total. The van der Waals surface area contributed by atoms with E-state index in [0.29, 0.717) is 44.1 Å². The molecule has 0 unspecified atom stereocenters. The molecule has 0 aliphatic carbocycles. The van der Waals surface area contributed by atoms with Crippen LogP contribution in [0.1, 0.15) is 140 Å². The molecule has 0 radical (unpaired) electrons. The van der Waals surface area contributed by atoms with Crippen molar-refractivity contribution in [3.63, 3.8) is 0 Å². The quantitative estimate of drug-likeness (QED) is 0.0324. The summed E-state index contributed by atoms with van der Waals surface area (Å²) < 4.78 is 21.8. The maximum Gasteiger partial charge on any atom is 0.271 e. The Balaban J connectivity index is 1.66. The number of hydrogen-bond donors (Lipinski definition) is 7. The summed E-state index contributed by atoms with van der Waals surface area (Å²) in [6, 6.07) is 12.4. The van der Waals surface area contributed by atoms with Gasteiger partial charge in [-0.1, -0.05) is 58.2 Å². The van der Waals surface area contributed by atoms with Gasteiger partial charge in [-0.05, 0) is 69.9 Å². The highest BCUT2D eigenvalue weighted by Gasteiger charge is 2.32. The predicted octanol–water partition coefficient (Wildman–Crippen LogP) is 3.78. The third-order valence-corrected chi connectivity index (χ3v) is 12.1. The van der Waals surface area contributed by atoms with E-state index in [1.54, 1.807) is 30.3 Å². The average Bonchev–Trinajstić information content (AvgIpc) is 3.38. The van der Waals surface area contributed by atoms with E-state index in [2.05, 4.69) is 21.3 Å². The summed E-state index contributed by atoms with van der Waals surface area (Å²) in [5, 5.41) is 41.4. The Morgan fingerprint density at radius 2 is 0.808 bits per heavy atom. The highest BCUT2D eigenvalue weighted by atomic mass is 16.5. The lowest BCUT2D eigenvalue weighted by Gasteiger charge is -2.36. The second kappa shape index (κ2) is 31.6. The Kier molecular flexibility index (Phi) is 25.5. The number of carbonyl (C=O) groups is 4. The number of rotatable bonds is 35. The Bertz CT molecular complexity index is 2330. The zero-order chi connectivity index (χ0) is 53.0. The minimum atomic E-state index is -1.03. The van der Waals surface area contributed by atoms with Gasteiger partial charge >= 0.3 is 0 Å². The van der Waals surface area contributed by atoms with E-state index in [-0.39, 0.29) is 138 Å². The first kappa shape index (κ1) is 58.8. The van der Waals surface area contributed by atoms with Crippen LogP contribution in [-0.2, 0) is 19.6 Å². The molecule has 73 heavy (non-hydrogen) atoms. The summed E-state index contributed by atoms with van der Waals surface area (Å²) in [4.78, 5) is 94.9. The van der Waals surface area contributed by atoms with Gasteiger partial charge in [0.15, 0.2) is 34.3 Å². The molecule has 20 nitrogen and oxygen atoms in total. The largest absolute Gasteiger partial charge is 0.487 e. The molecular formula is C53H75N7O13. The number of amides is 4. The van der Waals surface area contributed by atoms with Crippen LogP contribution in [0.3, 0.4) is 0 Å². The number of hydrogen-bond acceptors (Lipinski definition) is 13. The number of pyridine rings is 3. The molecule has 0 saturated heterocycles. The second-order valence-corrected chi connectivity index (χ2v) is 17.6. The Hall–Kier alpha value is -6.77. The molecule has 0 bridgehead atoms. The molecule has 0 aliphatic rings. The first-order valence-electron chi connectivity index (χ1n) is 25.5. The minimum Gasteiger partial charge on any atom is -0.487 e. The molecular weight excluding hydrogens is 943 g/mol. The van der Waals surface area contributed by atoms with Crippen LogP contribution in [0.5, 0.6) is 17.2 Å². The standard InChI is InChI=1S/C53H75N7O13/c1-4-7-36-71-46-40(64)18-27-58(30-33-61)43(46)50(68)54-24-13-21-53(57-49(67)39-16-11-10-12-17-39,22-14-25-55-51(69)44-47(72-37-8-5-2)41(65)19-28-59(44)31-34-62)23-15-26-56-52(70)45-48(73-38-9-6-3)42(66)20-29-60(45)32-35-63/h10-12,16-20,27-29,61-63H,4-9,13-15,21-26,30-38H2,1-3H3,(H,54,68)(H,55,69)(H,56,70)(H,57,67). The van der Waals surface area contributed by atoms with E-state index in [4.69, 9.17) is 14.2 Å². The summed E-state index contributed by atoms with van der Waals surface area (Å²) in [5.74, 6) is -2.55. The van der Waals surface area contributed by atoms with Crippen molar-refractivity contribution >= 4 is 23.6 Å². The van der Waals surface area contributed by atoms with Gasteiger partial charge in [-0.25, -0.2) is 0 Å². The molecule has 1 aromatic carbocycles. The van der Waals surface area contributed by atoms with Crippen molar-refractivity contribution in [2.45, 2.75) is 123 Å². The van der Waals surface area contributed by atoms with Crippen molar-refractivity contribution in [2.75, 3.05) is 59.3 Å². The molecule has 3 heterocycles. The first-order chi connectivity index (χ1) is 35.4. The number of unbranched alkanes of at least 4 members (excludes halogenated alkanes) is 3. The third kappa shape index (κ3) is 17.7. The van der Waals surface area contributed by atoms with Crippen LogP contribution >= 0.6 is 0 Å². The normalized spacial score (nSPS) is 11.2. The molecule has 0 saturated carbocycles. The zero-order valence-corrected chi connectivity index (χ0v) is 42.6. The Labute approximate surface area is 426 Å². The van der Waals surface area contributed by atoms with E-state index in [1.165, 1.54) is 50.5 Å². The van der Waals surface area contributed by atoms with Gasteiger partial charge in [-0.3, -0.25) is 33.6 Å². The van der Waals surface area contributed by atoms with Crippen molar-refractivity contribution in [3.05, 3.63) is 120 Å². The number of carbonyl (C=O) groups excluding carboxylic acids is 4. The van der Waals surface area contributed by atoms with Gasteiger partial charge in [0.1, 0.15) is 0 Å². The molecule has 0 fully saturated rings. The predicted molar refractivity (Wildman–Crippen MR) is 276 cm³/mol. The first-order valence-corrected chi connectivity index (χ1v) is 25.5. The summed E-state index contributed by atoms with van der Waals surface area (Å²) >= 11 is 0. The fourth-order valence-electron chi connectivity index (χ4n) is 8.22. The molecule has 0 aliphatic heterocycles. The van der Waals surface area contributed by atoms with E-state index in [1.807, 2.05) is 20.8 Å². The lowest BCUT2D eigenvalue weighted by atomic mass is 9.83. The zero-order valence-electron chi connectivity index (χ0n) is 42.6. The van der Waals surface area contributed by atoms with E-state index >= 15 is 0 Å². The van der Waals surface area contributed by atoms with Gasteiger partial charge in [-0.15, -0.1) is 0 Å². The van der Waals surface area contributed by atoms with Crippen LogP contribution in [0.25, 0.3) is 0 Å². The molecule has 3 aromatic heterocycles. The number of ether oxygens (including phenoxy) is 3. The van der Waals surface area contributed by atoms with E-state index in [9.17, 15) is 48.9 Å². The highest BCUT2D eigenvalue weighted by Crippen LogP contribution is 2.27. The van der Waals surface area contributed by atoms with Crippen molar-refractivity contribution in [3.8, 4) is 17.2 Å². The fourth-order valence-corrected chi connectivity index (χ4v) is 8.22. The average molecular weight is 1020 g/mol. The molecule has 0 spiro atoms. The summed E-state index contributed by atoms with van der Waals surface area (Å²) in [7, 11) is 0. The Morgan fingerprint density at radius 3 is 1.11 bits per heavy atom. The van der Waals surface area contributed by atoms with Crippen molar-refractivity contribution in [1.82, 2.24) is 35.0 Å². The van der Waals surface area contributed by atoms with Crippen LogP contribution in [0.4, 0.5) is 0 Å². The smallest absolute Gasteiger partial charge is 0.271 e. The lowest BCUT2D eigenvalue weighted by Crippen LogP contribution is -2.50. The number of aromatic nitrogens is 3. The third-order valence-electron chi connectivity index (χ3n) is 12.1. The van der Waals surface area contributed by atoms with Crippen LogP contribution < -0.4 is 51.8 Å². The molecule has 0 atom stereocenters. The summed E-state index contributed by atoms with van der Waals surface area (Å²) in [6.07, 6.45) is 10.3. The molecule has 4 aromatic rings. The molecule has 400 valence electrons. The minimum absolute atomic E-state index is 0.0305. The molecule has 20 heteroatoms. The highest BCUT2D eigenvalue weighted by molar-refractivity contribution is 5.97. The monoisotopic (exact) mass is 1020 g/mol. The van der Waals surface area contributed by atoms with Gasteiger partial charge in [0.05, 0.1) is 39.6 Å². The van der Waals surface area contributed by atoms with Gasteiger partial charge in [0.2, 0.25) is 16.3 Å². The lowest BCUT2D eigenvalue weighted by molar-refractivity contribution is 0.0855. The van der Waals surface area contributed by atoms with Gasteiger partial charge in [0, 0.05) is 87.2 Å². The van der Waals surface area contributed by atoms with Crippen LogP contribution in [0, 0.1) is 0 Å². The fraction of sp³-hybridized carbons (Fsp3) is 0.528. The number of nitrogens with one attached hydrogen (secondary N) is 4. The van der Waals surface area contributed by atoms with Crippen molar-refractivity contribution in [2.24, 2.45) is 0 Å². The maximum absolute atomic E-state index is 14.1. The van der Waals surface area contributed by atoms with E-state index in [0.717, 1.165) is 19.3 Å². The van der Waals surface area contributed by atoms with Crippen LogP contribution in [0.15, 0.2) is 81.5 Å². The van der Waals surface area contributed by atoms with Crippen molar-refractivity contribution in [1.29, 1.82) is 0 Å². The van der Waals surface area contributed by atoms with Gasteiger partial charge in [0.25, 0.3) is 23.6 Å². The van der Waals surface area contributed by atoms with E-state index < -0.39 is 39.5 Å². The van der Waals surface area contributed by atoms with Gasteiger partial charge in [-0.2, -0.15) is 0 Å². The SMILES string of the molecule is CCCCOc1c(C(=O)NCCCC(CCCNC(=O)c2c(OCCCC)c(=O)ccn2CCO)(CCCNC(=O)c2c(OCCCC)c(=O)ccn2CCO)NC(=O)c2ccccc2)n(CCO)ccc1=O. The molecule has 4 amide bonds. The van der Waals surface area contributed by atoms with Crippen molar-refractivity contribution < 1.29 is 48.7 Å². The topological polar surface area (TPSA) is 271 Å². The summed E-state index contributed by atoms with van der Waals surface area (Å²) in [6.45, 7) is 5.97. The van der Waals surface area contributed by atoms with Gasteiger partial charge < -0.3 is 64.5 Å². The Morgan fingerprint density at radius 1 is 0.479 bits per heavy atom. The summed E-state index contributed by atoms with van der Waals surface area (Å²) in [5.41, 5.74) is -2.19. The number of aliphatic hydroxyl groups is 3. The second-order valence-electron chi connectivity index (χ2n) is 17.6. The number of nitrogens with zero attached hydrogens (tertiary/aromatic N) is 3. The number of benzene rings is 1. The van der Waals surface area contributed by atoms with Crippen LogP contribution in [-0.4, -0.2) is 117 Å².